The van der Waals surface area contributed by atoms with Crippen LogP contribution in [0.15, 0.2) is 28.7 Å². The number of nitrogens with zero attached hydrogens (tertiary/aromatic N) is 1. The summed E-state index contributed by atoms with van der Waals surface area (Å²) in [4.78, 5) is 13.8. The van der Waals surface area contributed by atoms with Crippen molar-refractivity contribution < 1.29 is 27.1 Å². The van der Waals surface area contributed by atoms with Crippen molar-refractivity contribution in [2.45, 2.75) is 38.6 Å². The van der Waals surface area contributed by atoms with Crippen LogP contribution in [0.1, 0.15) is 35.9 Å². The third-order valence-corrected chi connectivity index (χ3v) is 4.59. The molecule has 1 aromatic carbocycles. The summed E-state index contributed by atoms with van der Waals surface area (Å²) in [6.07, 6.45) is -2.78. The molecule has 136 valence electrons. The Morgan fingerprint density at radius 2 is 2.04 bits per heavy atom. The van der Waals surface area contributed by atoms with E-state index >= 15 is 0 Å². The average molecular weight is 355 g/mol. The van der Waals surface area contributed by atoms with E-state index in [0.717, 1.165) is 17.7 Å². The molecule has 1 atom stereocenters. The highest BCUT2D eigenvalue weighted by Gasteiger charge is 2.42. The van der Waals surface area contributed by atoms with Crippen LogP contribution in [0.2, 0.25) is 0 Å². The second-order valence-electron chi connectivity index (χ2n) is 6.47. The van der Waals surface area contributed by atoms with Gasteiger partial charge in [0.25, 0.3) is 5.91 Å². The van der Waals surface area contributed by atoms with Crippen molar-refractivity contribution in [1.29, 1.82) is 0 Å². The van der Waals surface area contributed by atoms with Gasteiger partial charge in [-0.3, -0.25) is 4.79 Å². The van der Waals surface area contributed by atoms with Gasteiger partial charge in [0.15, 0.2) is 5.76 Å². The second-order valence-corrected chi connectivity index (χ2v) is 6.47. The molecule has 3 rings (SSSR count). The fraction of sp³-hybridized carbons (Fsp3) is 0.500. The molecule has 1 fully saturated rings. The lowest BCUT2D eigenvalue weighted by molar-refractivity contribution is -0.145. The zero-order valence-electron chi connectivity index (χ0n) is 14.1. The van der Waals surface area contributed by atoms with Gasteiger partial charge in [0.2, 0.25) is 0 Å². The van der Waals surface area contributed by atoms with E-state index in [1.807, 2.05) is 0 Å². The van der Waals surface area contributed by atoms with Crippen molar-refractivity contribution >= 4 is 16.9 Å². The van der Waals surface area contributed by atoms with Gasteiger partial charge in [-0.15, -0.1) is 0 Å². The highest BCUT2D eigenvalue weighted by atomic mass is 19.4. The Kier molecular flexibility index (Phi) is 4.77. The summed E-state index contributed by atoms with van der Waals surface area (Å²) in [6, 6.07) is 6.49. The first kappa shape index (κ1) is 17.8. The third-order valence-electron chi connectivity index (χ3n) is 4.59. The van der Waals surface area contributed by atoms with E-state index in [4.69, 9.17) is 9.15 Å². The number of hydrogen-bond acceptors (Lipinski definition) is 3. The number of rotatable bonds is 6. The molecule has 1 aliphatic rings. The number of hydrogen-bond donors (Lipinski definition) is 0. The molecule has 0 N–H and O–H groups in total. The number of fused-ring (bicyclic) bond motifs is 1. The average Bonchev–Trinajstić information content (AvgIpc) is 3.34. The molecule has 1 aliphatic carbocycles. The molecule has 25 heavy (non-hydrogen) atoms. The van der Waals surface area contributed by atoms with Gasteiger partial charge < -0.3 is 14.1 Å². The van der Waals surface area contributed by atoms with E-state index in [2.05, 4.69) is 0 Å². The zero-order valence-corrected chi connectivity index (χ0v) is 14.1. The largest absolute Gasteiger partial charge is 0.451 e. The maximum Gasteiger partial charge on any atom is 0.406 e. The minimum Gasteiger partial charge on any atom is -0.451 e. The van der Waals surface area contributed by atoms with E-state index in [1.165, 1.54) is 7.11 Å². The van der Waals surface area contributed by atoms with Crippen molar-refractivity contribution in [3.05, 3.63) is 35.6 Å². The molecule has 0 spiro atoms. The highest BCUT2D eigenvalue weighted by Crippen LogP contribution is 2.37. The molecule has 0 aliphatic heterocycles. The van der Waals surface area contributed by atoms with Crippen molar-refractivity contribution in [2.75, 3.05) is 13.7 Å². The molecule has 0 radical (unpaired) electrons. The first-order chi connectivity index (χ1) is 11.8. The van der Waals surface area contributed by atoms with Gasteiger partial charge in [-0.25, -0.2) is 0 Å². The lowest BCUT2D eigenvalue weighted by atomic mass is 10.1. The van der Waals surface area contributed by atoms with Crippen LogP contribution >= 0.6 is 0 Å². The number of alkyl halides is 3. The Morgan fingerprint density at radius 3 is 2.64 bits per heavy atom. The summed E-state index contributed by atoms with van der Waals surface area (Å²) in [5.41, 5.74) is 0.946. The van der Waals surface area contributed by atoms with E-state index < -0.39 is 24.7 Å². The summed E-state index contributed by atoms with van der Waals surface area (Å²) >= 11 is 0. The van der Waals surface area contributed by atoms with Crippen LogP contribution in [-0.4, -0.2) is 36.7 Å². The van der Waals surface area contributed by atoms with Gasteiger partial charge in [0, 0.05) is 24.1 Å². The zero-order chi connectivity index (χ0) is 18.2. The molecule has 0 saturated heterocycles. The highest BCUT2D eigenvalue weighted by molar-refractivity contribution is 5.99. The first-order valence-electron chi connectivity index (χ1n) is 8.19. The van der Waals surface area contributed by atoms with E-state index in [0.29, 0.717) is 16.5 Å². The van der Waals surface area contributed by atoms with Crippen molar-refractivity contribution in [2.24, 2.45) is 5.92 Å². The lowest BCUT2D eigenvalue weighted by Crippen LogP contribution is -2.45. The van der Waals surface area contributed by atoms with E-state index in [9.17, 15) is 18.0 Å². The molecular weight excluding hydrogens is 335 g/mol. The fourth-order valence-electron chi connectivity index (χ4n) is 3.12. The van der Waals surface area contributed by atoms with Gasteiger partial charge in [-0.2, -0.15) is 13.2 Å². The predicted molar refractivity (Wildman–Crippen MR) is 86.2 cm³/mol. The van der Waals surface area contributed by atoms with Crippen LogP contribution in [0.3, 0.4) is 0 Å². The van der Waals surface area contributed by atoms with Crippen LogP contribution in [0.25, 0.3) is 11.0 Å². The second kappa shape index (κ2) is 6.71. The number of carbonyl (C=O) groups is 1. The van der Waals surface area contributed by atoms with Gasteiger partial charge in [0.05, 0.1) is 6.61 Å². The number of amides is 1. The summed E-state index contributed by atoms with van der Waals surface area (Å²) in [5.74, 6) is -0.693. The SMILES string of the molecule is COCc1c(C(=O)N(CC(F)(F)F)[C@@H](C)C2CC2)oc2ccccc12. The molecule has 7 heteroatoms. The van der Waals surface area contributed by atoms with E-state index in [1.54, 1.807) is 31.2 Å². The van der Waals surface area contributed by atoms with Crippen LogP contribution in [-0.2, 0) is 11.3 Å². The van der Waals surface area contributed by atoms with Crippen LogP contribution in [0.4, 0.5) is 13.2 Å². The molecule has 1 heterocycles. The number of ether oxygens (including phenoxy) is 1. The molecule has 2 aromatic rings. The summed E-state index contributed by atoms with van der Waals surface area (Å²) < 4.78 is 49.8. The Balaban J connectivity index is 2.01. The lowest BCUT2D eigenvalue weighted by Gasteiger charge is -2.29. The molecular formula is C18H20F3NO3. The number of furan rings is 1. The Morgan fingerprint density at radius 1 is 1.36 bits per heavy atom. The standard InChI is InChI=1S/C18H20F3NO3/c1-11(12-7-8-12)22(10-18(19,20)21)17(23)16-14(9-24-2)13-5-3-4-6-15(13)25-16/h3-6,11-12H,7-10H2,1-2H3/t11-/m0/s1. The van der Waals surface area contributed by atoms with Crippen LogP contribution in [0.5, 0.6) is 0 Å². The van der Waals surface area contributed by atoms with E-state index in [-0.39, 0.29) is 18.3 Å². The minimum absolute atomic E-state index is 0.0696. The van der Waals surface area contributed by atoms with Crippen molar-refractivity contribution in [3.8, 4) is 0 Å². The van der Waals surface area contributed by atoms with Gasteiger partial charge in [-0.1, -0.05) is 18.2 Å². The van der Waals surface area contributed by atoms with Gasteiger partial charge >= 0.3 is 6.18 Å². The predicted octanol–water partition coefficient (Wildman–Crippen LogP) is 4.38. The van der Waals surface area contributed by atoms with Gasteiger partial charge in [-0.05, 0) is 31.7 Å². The Labute approximate surface area is 143 Å². The smallest absolute Gasteiger partial charge is 0.406 e. The number of para-hydroxylation sites is 1. The monoisotopic (exact) mass is 355 g/mol. The number of benzene rings is 1. The number of carbonyl (C=O) groups excluding carboxylic acids is 1. The Hall–Kier alpha value is -2.02. The topological polar surface area (TPSA) is 42.7 Å². The quantitative estimate of drug-likeness (QED) is 0.772. The third kappa shape index (κ3) is 3.81. The number of halogens is 3. The summed E-state index contributed by atoms with van der Waals surface area (Å²) in [6.45, 7) is 0.475. The maximum absolute atomic E-state index is 13.0. The molecule has 4 nitrogen and oxygen atoms in total. The van der Waals surface area contributed by atoms with Gasteiger partial charge in [0.1, 0.15) is 12.1 Å². The normalized spacial score (nSPS) is 16.2. The first-order valence-corrected chi connectivity index (χ1v) is 8.19. The van der Waals surface area contributed by atoms with Crippen molar-refractivity contribution in [3.63, 3.8) is 0 Å². The molecule has 0 unspecified atom stereocenters. The summed E-state index contributed by atoms with van der Waals surface area (Å²) in [7, 11) is 1.47. The van der Waals surface area contributed by atoms with Crippen molar-refractivity contribution in [1.82, 2.24) is 4.90 Å². The van der Waals surface area contributed by atoms with Crippen LogP contribution in [0, 0.1) is 5.92 Å². The summed E-state index contributed by atoms with van der Waals surface area (Å²) in [5, 5.41) is 0.679. The minimum atomic E-state index is -4.47. The molecule has 0 bridgehead atoms. The molecule has 1 aromatic heterocycles. The molecule has 1 saturated carbocycles. The maximum atomic E-state index is 13.0. The number of methoxy groups -OCH3 is 1. The molecule has 1 amide bonds. The van der Waals surface area contributed by atoms with Crippen LogP contribution < -0.4 is 0 Å². The fourth-order valence-corrected chi connectivity index (χ4v) is 3.12. The Bertz CT molecular complexity index is 765.